The lowest BCUT2D eigenvalue weighted by atomic mass is 10.1. The molecule has 0 spiro atoms. The molecule has 0 amide bonds. The number of rotatable bonds is 9. The maximum atomic E-state index is 13.2. The average Bonchev–Trinajstić information content (AvgIpc) is 2.65. The molecule has 0 saturated carbocycles. The monoisotopic (exact) mass is 406 g/mol. The zero-order valence-electron chi connectivity index (χ0n) is 16.2. The van der Waals surface area contributed by atoms with Gasteiger partial charge in [-0.3, -0.25) is 4.99 Å². The number of nitrogens with one attached hydrogen (secondary N) is 3. The minimum atomic E-state index is -3.54. The molecule has 0 fully saturated rings. The van der Waals surface area contributed by atoms with E-state index in [1.807, 2.05) is 19.9 Å². The smallest absolute Gasteiger partial charge is 0.240 e. The SMILES string of the molecule is CCNC(=NCCNS(=O)(=O)c1ccc(C)cc1)NCCc1cccc(F)c1. The average molecular weight is 407 g/mol. The fourth-order valence-corrected chi connectivity index (χ4v) is 3.53. The van der Waals surface area contributed by atoms with Crippen molar-refractivity contribution in [1.82, 2.24) is 15.4 Å². The van der Waals surface area contributed by atoms with Crippen LogP contribution in [0.5, 0.6) is 0 Å². The molecule has 28 heavy (non-hydrogen) atoms. The van der Waals surface area contributed by atoms with Crippen LogP contribution in [-0.4, -0.2) is 40.6 Å². The third kappa shape index (κ3) is 7.28. The molecule has 2 rings (SSSR count). The van der Waals surface area contributed by atoms with Crippen LogP contribution in [0.2, 0.25) is 0 Å². The van der Waals surface area contributed by atoms with Crippen LogP contribution in [0.1, 0.15) is 18.1 Å². The summed E-state index contributed by atoms with van der Waals surface area (Å²) in [5.74, 6) is 0.340. The summed E-state index contributed by atoms with van der Waals surface area (Å²) in [5, 5.41) is 6.27. The third-order valence-electron chi connectivity index (χ3n) is 3.94. The Morgan fingerprint density at radius 3 is 2.50 bits per heavy atom. The highest BCUT2D eigenvalue weighted by atomic mass is 32.2. The van der Waals surface area contributed by atoms with Crippen LogP contribution >= 0.6 is 0 Å². The van der Waals surface area contributed by atoms with Crippen molar-refractivity contribution in [2.75, 3.05) is 26.2 Å². The van der Waals surface area contributed by atoms with Gasteiger partial charge in [0.2, 0.25) is 10.0 Å². The molecule has 152 valence electrons. The fourth-order valence-electron chi connectivity index (χ4n) is 2.51. The summed E-state index contributed by atoms with van der Waals surface area (Å²) in [7, 11) is -3.54. The second kappa shape index (κ2) is 10.8. The molecule has 0 atom stereocenters. The van der Waals surface area contributed by atoms with E-state index in [1.54, 1.807) is 30.3 Å². The van der Waals surface area contributed by atoms with Crippen molar-refractivity contribution in [1.29, 1.82) is 0 Å². The Labute approximate surface area is 166 Å². The van der Waals surface area contributed by atoms with Crippen LogP contribution in [-0.2, 0) is 16.4 Å². The number of benzene rings is 2. The molecular formula is C20H27FN4O2S. The molecule has 2 aromatic carbocycles. The number of hydrogen-bond donors (Lipinski definition) is 3. The summed E-state index contributed by atoms with van der Waals surface area (Å²) in [6, 6.07) is 13.2. The van der Waals surface area contributed by atoms with Gasteiger partial charge in [0, 0.05) is 19.6 Å². The fraction of sp³-hybridized carbons (Fsp3) is 0.350. The lowest BCUT2D eigenvalue weighted by Crippen LogP contribution is -2.39. The molecule has 0 aliphatic heterocycles. The van der Waals surface area contributed by atoms with Gasteiger partial charge in [0.1, 0.15) is 5.82 Å². The summed E-state index contributed by atoms with van der Waals surface area (Å²) in [6.07, 6.45) is 0.655. The van der Waals surface area contributed by atoms with Gasteiger partial charge in [-0.15, -0.1) is 0 Å². The molecule has 0 saturated heterocycles. The van der Waals surface area contributed by atoms with Crippen molar-refractivity contribution in [2.45, 2.75) is 25.2 Å². The molecule has 0 heterocycles. The van der Waals surface area contributed by atoms with E-state index < -0.39 is 10.0 Å². The first-order valence-electron chi connectivity index (χ1n) is 9.23. The van der Waals surface area contributed by atoms with Gasteiger partial charge in [-0.25, -0.2) is 17.5 Å². The van der Waals surface area contributed by atoms with E-state index in [2.05, 4.69) is 20.3 Å². The zero-order chi connectivity index (χ0) is 20.4. The van der Waals surface area contributed by atoms with Crippen LogP contribution in [0.3, 0.4) is 0 Å². The molecule has 0 bridgehead atoms. The highest BCUT2D eigenvalue weighted by Gasteiger charge is 2.12. The molecule has 6 nitrogen and oxygen atoms in total. The Bertz CT molecular complexity index is 883. The number of guanidine groups is 1. The molecule has 2 aromatic rings. The zero-order valence-corrected chi connectivity index (χ0v) is 17.0. The van der Waals surface area contributed by atoms with Crippen molar-refractivity contribution < 1.29 is 12.8 Å². The van der Waals surface area contributed by atoms with Crippen LogP contribution in [0.15, 0.2) is 58.4 Å². The van der Waals surface area contributed by atoms with Gasteiger partial charge >= 0.3 is 0 Å². The van der Waals surface area contributed by atoms with Gasteiger partial charge in [-0.05, 0) is 50.1 Å². The quantitative estimate of drug-likeness (QED) is 0.339. The van der Waals surface area contributed by atoms with E-state index in [1.165, 1.54) is 12.1 Å². The van der Waals surface area contributed by atoms with Gasteiger partial charge in [0.25, 0.3) is 0 Å². The highest BCUT2D eigenvalue weighted by molar-refractivity contribution is 7.89. The van der Waals surface area contributed by atoms with Crippen LogP contribution < -0.4 is 15.4 Å². The first-order chi connectivity index (χ1) is 13.4. The van der Waals surface area contributed by atoms with Crippen molar-refractivity contribution in [3.05, 3.63) is 65.5 Å². The second-order valence-corrected chi connectivity index (χ2v) is 8.05. The topological polar surface area (TPSA) is 82.6 Å². The molecule has 0 aromatic heterocycles. The van der Waals surface area contributed by atoms with Gasteiger partial charge in [-0.1, -0.05) is 29.8 Å². The van der Waals surface area contributed by atoms with Crippen LogP contribution in [0.25, 0.3) is 0 Å². The van der Waals surface area contributed by atoms with E-state index in [9.17, 15) is 12.8 Å². The summed E-state index contributed by atoms with van der Waals surface area (Å²) in [6.45, 7) is 5.61. The lowest BCUT2D eigenvalue weighted by molar-refractivity contribution is 0.582. The number of hydrogen-bond acceptors (Lipinski definition) is 3. The van der Waals surface area contributed by atoms with Crippen molar-refractivity contribution >= 4 is 16.0 Å². The predicted octanol–water partition coefficient (Wildman–Crippen LogP) is 2.21. The normalized spacial score (nSPS) is 12.0. The Balaban J connectivity index is 1.82. The molecule has 8 heteroatoms. The number of sulfonamides is 1. The van der Waals surface area contributed by atoms with Gasteiger partial charge in [0.15, 0.2) is 5.96 Å². The molecule has 3 N–H and O–H groups in total. The third-order valence-corrected chi connectivity index (χ3v) is 5.42. The first kappa shape index (κ1) is 21.8. The van der Waals surface area contributed by atoms with E-state index in [-0.39, 0.29) is 17.3 Å². The van der Waals surface area contributed by atoms with E-state index in [0.29, 0.717) is 32.0 Å². The first-order valence-corrected chi connectivity index (χ1v) is 10.7. The standard InChI is InChI=1S/C20H27FN4O2S/c1-3-22-20(23-12-11-17-5-4-6-18(21)15-17)24-13-14-25-28(26,27)19-9-7-16(2)8-10-19/h4-10,15,25H,3,11-14H2,1-2H3,(H2,22,23,24). The number of aliphatic imine (C=N–C) groups is 1. The molecule has 0 unspecified atom stereocenters. The molecular weight excluding hydrogens is 379 g/mol. The minimum absolute atomic E-state index is 0.191. The second-order valence-electron chi connectivity index (χ2n) is 6.28. The number of halogens is 1. The van der Waals surface area contributed by atoms with E-state index >= 15 is 0 Å². The predicted molar refractivity (Wildman–Crippen MR) is 110 cm³/mol. The highest BCUT2D eigenvalue weighted by Crippen LogP contribution is 2.09. The van der Waals surface area contributed by atoms with E-state index in [0.717, 1.165) is 11.1 Å². The maximum absolute atomic E-state index is 13.2. The van der Waals surface area contributed by atoms with Gasteiger partial charge in [-0.2, -0.15) is 0 Å². The molecule has 0 aliphatic carbocycles. The van der Waals surface area contributed by atoms with Crippen molar-refractivity contribution in [2.24, 2.45) is 4.99 Å². The van der Waals surface area contributed by atoms with Crippen LogP contribution in [0, 0.1) is 12.7 Å². The van der Waals surface area contributed by atoms with Crippen molar-refractivity contribution in [3.8, 4) is 0 Å². The summed E-state index contributed by atoms with van der Waals surface area (Å²) in [4.78, 5) is 4.60. The summed E-state index contributed by atoms with van der Waals surface area (Å²) in [5.41, 5.74) is 1.90. The number of aryl methyl sites for hydroxylation is 1. The Morgan fingerprint density at radius 2 is 1.82 bits per heavy atom. The summed E-state index contributed by atoms with van der Waals surface area (Å²) < 4.78 is 40.3. The van der Waals surface area contributed by atoms with E-state index in [4.69, 9.17) is 0 Å². The van der Waals surface area contributed by atoms with Crippen molar-refractivity contribution in [3.63, 3.8) is 0 Å². The molecule has 0 aliphatic rings. The maximum Gasteiger partial charge on any atom is 0.240 e. The summed E-state index contributed by atoms with van der Waals surface area (Å²) >= 11 is 0. The Kier molecular flexibility index (Phi) is 8.41. The number of nitrogens with zero attached hydrogens (tertiary/aromatic N) is 1. The van der Waals surface area contributed by atoms with Gasteiger partial charge in [0.05, 0.1) is 11.4 Å². The minimum Gasteiger partial charge on any atom is -0.357 e. The van der Waals surface area contributed by atoms with Crippen LogP contribution in [0.4, 0.5) is 4.39 Å². The Morgan fingerprint density at radius 1 is 1.07 bits per heavy atom. The molecule has 0 radical (unpaired) electrons. The van der Waals surface area contributed by atoms with Gasteiger partial charge < -0.3 is 10.6 Å². The lowest BCUT2D eigenvalue weighted by Gasteiger charge is -2.12. The Hall–Kier alpha value is -2.45. The largest absolute Gasteiger partial charge is 0.357 e.